The maximum absolute atomic E-state index is 6.06. The summed E-state index contributed by atoms with van der Waals surface area (Å²) >= 11 is 0. The van der Waals surface area contributed by atoms with Gasteiger partial charge in [0, 0.05) is 0 Å². The Bertz CT molecular complexity index is 399. The van der Waals surface area contributed by atoms with Gasteiger partial charge >= 0.3 is 12.3 Å². The summed E-state index contributed by atoms with van der Waals surface area (Å²) < 4.78 is 41.0. The fourth-order valence-corrected chi connectivity index (χ4v) is 2.60. The highest BCUT2D eigenvalue weighted by Gasteiger charge is 2.49. The van der Waals surface area contributed by atoms with E-state index in [-0.39, 0.29) is 0 Å². The zero-order valence-electron chi connectivity index (χ0n) is 20.7. The molecule has 0 amide bonds. The topological polar surface area (TPSA) is 64.6 Å². The van der Waals surface area contributed by atoms with Crippen LogP contribution in [0.3, 0.4) is 0 Å². The van der Waals surface area contributed by atoms with Gasteiger partial charge in [-0.25, -0.2) is 4.74 Å². The number of unbranched alkanes of at least 4 members (excludes halogenated alkanes) is 2. The standard InChI is InChI=1S/C24H46O7/c1-7-13-15-17-19-21-29-23(25-9-3,26-10-4)31-24(27-11-5,28-12-6)30-22-20-18-16-14-8-2/h15-18H,7-14,19-22H2,1-6H3. The van der Waals surface area contributed by atoms with Gasteiger partial charge in [0.05, 0.1) is 39.6 Å². The molecule has 0 atom stereocenters. The van der Waals surface area contributed by atoms with E-state index in [0.29, 0.717) is 52.5 Å². The van der Waals surface area contributed by atoms with Crippen molar-refractivity contribution in [1.82, 2.24) is 0 Å². The predicted octanol–water partition coefficient (Wildman–Crippen LogP) is 5.90. The van der Waals surface area contributed by atoms with Crippen molar-refractivity contribution in [1.29, 1.82) is 0 Å². The van der Waals surface area contributed by atoms with E-state index in [4.69, 9.17) is 33.2 Å². The van der Waals surface area contributed by atoms with Crippen molar-refractivity contribution in [3.8, 4) is 0 Å². The van der Waals surface area contributed by atoms with E-state index in [1.165, 1.54) is 0 Å². The lowest BCUT2D eigenvalue weighted by atomic mass is 10.3. The summed E-state index contributed by atoms with van der Waals surface area (Å²) in [5.74, 6) is 0. The van der Waals surface area contributed by atoms with Gasteiger partial charge in [0.1, 0.15) is 0 Å². The average molecular weight is 447 g/mol. The lowest BCUT2D eigenvalue weighted by molar-refractivity contribution is -0.618. The van der Waals surface area contributed by atoms with Gasteiger partial charge in [0.2, 0.25) is 0 Å². The second-order valence-electron chi connectivity index (χ2n) is 6.63. The summed E-state index contributed by atoms with van der Waals surface area (Å²) in [6.07, 6.45) is 10.5. The predicted molar refractivity (Wildman–Crippen MR) is 122 cm³/mol. The van der Waals surface area contributed by atoms with Crippen LogP contribution in [0.5, 0.6) is 0 Å². The Morgan fingerprint density at radius 1 is 0.452 bits per heavy atom. The molecule has 0 aromatic carbocycles. The molecule has 31 heavy (non-hydrogen) atoms. The van der Waals surface area contributed by atoms with E-state index in [1.54, 1.807) is 0 Å². The van der Waals surface area contributed by atoms with Gasteiger partial charge in [-0.1, -0.05) is 51.0 Å². The fraction of sp³-hybridized carbons (Fsp3) is 0.833. The van der Waals surface area contributed by atoms with Crippen molar-refractivity contribution in [2.75, 3.05) is 39.6 Å². The van der Waals surface area contributed by atoms with E-state index in [9.17, 15) is 0 Å². The Labute approximate surface area is 190 Å². The van der Waals surface area contributed by atoms with Gasteiger partial charge in [0.15, 0.2) is 0 Å². The second kappa shape index (κ2) is 19.9. The van der Waals surface area contributed by atoms with Gasteiger partial charge in [-0.15, -0.1) is 0 Å². The molecule has 0 aromatic rings. The van der Waals surface area contributed by atoms with Gasteiger partial charge in [-0.05, 0) is 53.4 Å². The summed E-state index contributed by atoms with van der Waals surface area (Å²) in [5.41, 5.74) is 0. The van der Waals surface area contributed by atoms with E-state index < -0.39 is 12.3 Å². The molecule has 0 rings (SSSR count). The molecule has 0 unspecified atom stereocenters. The minimum Gasteiger partial charge on any atom is -0.303 e. The number of hydrogen-bond acceptors (Lipinski definition) is 7. The lowest BCUT2D eigenvalue weighted by Gasteiger charge is -2.39. The molecule has 0 saturated carbocycles. The third kappa shape index (κ3) is 14.1. The first kappa shape index (κ1) is 30.2. The molecule has 0 spiro atoms. The van der Waals surface area contributed by atoms with Crippen molar-refractivity contribution in [3.05, 3.63) is 24.3 Å². The van der Waals surface area contributed by atoms with Crippen LogP contribution < -0.4 is 0 Å². The Hall–Kier alpha value is -0.800. The largest absolute Gasteiger partial charge is 0.418 e. The Balaban J connectivity index is 5.36. The normalized spacial score (nSPS) is 13.1. The molecule has 0 saturated heterocycles. The molecule has 0 bridgehead atoms. The molecule has 7 heteroatoms. The molecule has 0 N–H and O–H groups in total. The van der Waals surface area contributed by atoms with Gasteiger partial charge in [-0.3, -0.25) is 0 Å². The number of hydrogen-bond donors (Lipinski definition) is 0. The van der Waals surface area contributed by atoms with Crippen LogP contribution in [0.2, 0.25) is 0 Å². The molecule has 0 aliphatic carbocycles. The highest BCUT2D eigenvalue weighted by molar-refractivity contribution is 4.81. The zero-order chi connectivity index (χ0) is 23.3. The van der Waals surface area contributed by atoms with Crippen LogP contribution in [0.25, 0.3) is 0 Å². The average Bonchev–Trinajstić information content (AvgIpc) is 2.74. The first-order valence-electron chi connectivity index (χ1n) is 11.9. The highest BCUT2D eigenvalue weighted by atomic mass is 17.1. The maximum atomic E-state index is 6.06. The number of ether oxygens (including phenoxy) is 7. The number of allylic oxidation sites excluding steroid dienone is 2. The molecular formula is C24H46O7. The van der Waals surface area contributed by atoms with Crippen molar-refractivity contribution >= 4 is 0 Å². The Kier molecular flexibility index (Phi) is 19.3. The van der Waals surface area contributed by atoms with Crippen LogP contribution in [0.15, 0.2) is 24.3 Å². The molecule has 0 aliphatic rings. The Morgan fingerprint density at radius 3 is 1.06 bits per heavy atom. The molecule has 0 aliphatic heterocycles. The lowest BCUT2D eigenvalue weighted by Crippen LogP contribution is -2.54. The summed E-state index contributed by atoms with van der Waals surface area (Å²) in [7, 11) is 0. The first-order valence-corrected chi connectivity index (χ1v) is 11.9. The third-order valence-electron chi connectivity index (χ3n) is 3.91. The zero-order valence-corrected chi connectivity index (χ0v) is 20.7. The molecular weight excluding hydrogens is 400 g/mol. The van der Waals surface area contributed by atoms with E-state index in [1.807, 2.05) is 27.7 Å². The summed E-state index contributed by atoms with van der Waals surface area (Å²) in [6, 6.07) is 0. The first-order chi connectivity index (χ1) is 15.1. The molecule has 0 heterocycles. The molecule has 0 fully saturated rings. The van der Waals surface area contributed by atoms with E-state index in [2.05, 4.69) is 38.2 Å². The highest BCUT2D eigenvalue weighted by Crippen LogP contribution is 2.29. The van der Waals surface area contributed by atoms with Gasteiger partial charge < -0.3 is 28.4 Å². The van der Waals surface area contributed by atoms with Gasteiger partial charge in [-0.2, -0.15) is 0 Å². The van der Waals surface area contributed by atoms with Crippen molar-refractivity contribution in [2.24, 2.45) is 0 Å². The van der Waals surface area contributed by atoms with Crippen LogP contribution in [-0.4, -0.2) is 52.0 Å². The minimum atomic E-state index is -1.80. The van der Waals surface area contributed by atoms with Crippen LogP contribution in [0, 0.1) is 0 Å². The fourth-order valence-electron chi connectivity index (χ4n) is 2.60. The van der Waals surface area contributed by atoms with E-state index >= 15 is 0 Å². The van der Waals surface area contributed by atoms with Crippen molar-refractivity contribution in [3.63, 3.8) is 0 Å². The minimum absolute atomic E-state index is 0.305. The molecule has 0 radical (unpaired) electrons. The quantitative estimate of drug-likeness (QED) is 0.117. The SMILES string of the molecule is CCCC=CCCOC(OCC)(OCC)OC(OCC)(OCC)OCCC=CCCC. The molecule has 0 aromatic heterocycles. The third-order valence-corrected chi connectivity index (χ3v) is 3.91. The van der Waals surface area contributed by atoms with Crippen molar-refractivity contribution in [2.45, 2.75) is 92.4 Å². The van der Waals surface area contributed by atoms with Crippen LogP contribution in [-0.2, 0) is 33.2 Å². The van der Waals surface area contributed by atoms with E-state index in [0.717, 1.165) is 25.7 Å². The van der Waals surface area contributed by atoms with Crippen LogP contribution in [0.1, 0.15) is 80.1 Å². The van der Waals surface area contributed by atoms with Crippen LogP contribution in [0.4, 0.5) is 0 Å². The summed E-state index contributed by atoms with van der Waals surface area (Å²) in [6.45, 7) is 13.5. The monoisotopic (exact) mass is 446 g/mol. The van der Waals surface area contributed by atoms with Crippen LogP contribution >= 0.6 is 0 Å². The van der Waals surface area contributed by atoms with Gasteiger partial charge in [0.25, 0.3) is 0 Å². The number of rotatable bonds is 22. The smallest absolute Gasteiger partial charge is 0.303 e. The Morgan fingerprint density at radius 2 is 0.774 bits per heavy atom. The summed E-state index contributed by atoms with van der Waals surface area (Å²) in [4.78, 5) is 0. The molecule has 184 valence electrons. The maximum Gasteiger partial charge on any atom is 0.418 e. The van der Waals surface area contributed by atoms with Crippen molar-refractivity contribution < 1.29 is 33.2 Å². The second-order valence-corrected chi connectivity index (χ2v) is 6.63. The molecule has 7 nitrogen and oxygen atoms in total. The summed E-state index contributed by atoms with van der Waals surface area (Å²) in [5, 5.41) is 0.